The Labute approximate surface area is 155 Å². The molecule has 0 bridgehead atoms. The van der Waals surface area contributed by atoms with Crippen LogP contribution in [-0.2, 0) is 10.0 Å². The van der Waals surface area contributed by atoms with E-state index in [0.29, 0.717) is 5.75 Å². The second-order valence-electron chi connectivity index (χ2n) is 6.23. The Kier molecular flexibility index (Phi) is 5.34. The maximum Gasteiger partial charge on any atom is 0.573 e. The predicted octanol–water partition coefficient (Wildman–Crippen LogP) is 4.02. The molecule has 3 rings (SSSR count). The van der Waals surface area contributed by atoms with Crippen LogP contribution in [0.25, 0.3) is 0 Å². The quantitative estimate of drug-likeness (QED) is 0.761. The van der Waals surface area contributed by atoms with E-state index >= 15 is 0 Å². The minimum atomic E-state index is -4.83. The van der Waals surface area contributed by atoms with Gasteiger partial charge in [0.25, 0.3) is 0 Å². The maximum absolute atomic E-state index is 12.7. The summed E-state index contributed by atoms with van der Waals surface area (Å²) < 4.78 is 73.5. The van der Waals surface area contributed by atoms with Crippen molar-refractivity contribution in [3.8, 4) is 11.5 Å². The molecule has 1 aliphatic rings. The molecule has 146 valence electrons. The summed E-state index contributed by atoms with van der Waals surface area (Å²) in [6.07, 6.45) is -3.03. The molecule has 5 nitrogen and oxygen atoms in total. The molecule has 0 unspecified atom stereocenters. The Morgan fingerprint density at radius 3 is 2.04 bits per heavy atom. The van der Waals surface area contributed by atoms with Crippen molar-refractivity contribution in [3.63, 3.8) is 0 Å². The van der Waals surface area contributed by atoms with Crippen molar-refractivity contribution in [2.75, 3.05) is 7.11 Å². The number of halogens is 3. The number of hydrogen-bond donors (Lipinski definition) is 1. The smallest absolute Gasteiger partial charge is 0.497 e. The number of hydrogen-bond acceptors (Lipinski definition) is 4. The minimum Gasteiger partial charge on any atom is -0.497 e. The normalized spacial score (nSPS) is 16.0. The summed E-state index contributed by atoms with van der Waals surface area (Å²) in [7, 11) is -2.36. The zero-order chi connectivity index (χ0) is 19.7. The molecule has 27 heavy (non-hydrogen) atoms. The Hall–Kier alpha value is -2.26. The van der Waals surface area contributed by atoms with Crippen molar-refractivity contribution in [1.29, 1.82) is 0 Å². The van der Waals surface area contributed by atoms with Gasteiger partial charge >= 0.3 is 6.36 Å². The molecule has 2 aromatic rings. The molecule has 0 amide bonds. The van der Waals surface area contributed by atoms with Crippen molar-refractivity contribution in [2.45, 2.75) is 30.1 Å². The fraction of sp³-hybridized carbons (Fsp3) is 0.333. The van der Waals surface area contributed by atoms with Gasteiger partial charge in [0.1, 0.15) is 11.5 Å². The monoisotopic (exact) mass is 401 g/mol. The van der Waals surface area contributed by atoms with Gasteiger partial charge in [-0.15, -0.1) is 13.2 Å². The van der Waals surface area contributed by atoms with Gasteiger partial charge in [0.05, 0.1) is 12.0 Å². The minimum absolute atomic E-state index is 0.129. The summed E-state index contributed by atoms with van der Waals surface area (Å²) in [4.78, 5) is -0.129. The van der Waals surface area contributed by atoms with Gasteiger partial charge in [-0.25, -0.2) is 13.1 Å². The lowest BCUT2D eigenvalue weighted by atomic mass is 10.0. The van der Waals surface area contributed by atoms with E-state index in [1.54, 1.807) is 31.4 Å². The number of alkyl halides is 3. The highest BCUT2D eigenvalue weighted by Crippen LogP contribution is 2.42. The Bertz CT molecular complexity index is 876. The molecular formula is C18H18F3NO4S. The van der Waals surface area contributed by atoms with Crippen LogP contribution in [-0.4, -0.2) is 21.9 Å². The molecular weight excluding hydrogens is 383 g/mol. The van der Waals surface area contributed by atoms with Gasteiger partial charge in [-0.2, -0.15) is 0 Å². The fourth-order valence-corrected chi connectivity index (χ4v) is 4.03. The molecule has 2 aromatic carbocycles. The van der Waals surface area contributed by atoms with Crippen molar-refractivity contribution < 1.29 is 31.1 Å². The lowest BCUT2D eigenvalue weighted by Crippen LogP contribution is -2.30. The second-order valence-corrected chi connectivity index (χ2v) is 7.94. The largest absolute Gasteiger partial charge is 0.573 e. The van der Waals surface area contributed by atoms with Gasteiger partial charge in [0, 0.05) is 6.04 Å². The van der Waals surface area contributed by atoms with Crippen LogP contribution in [0.15, 0.2) is 53.4 Å². The first-order valence-corrected chi connectivity index (χ1v) is 9.68. The Morgan fingerprint density at radius 2 is 1.56 bits per heavy atom. The van der Waals surface area contributed by atoms with E-state index in [0.717, 1.165) is 42.7 Å². The summed E-state index contributed by atoms with van der Waals surface area (Å²) in [6, 6.07) is 10.8. The third-order valence-electron chi connectivity index (χ3n) is 4.22. The molecule has 1 aliphatic carbocycles. The Balaban J connectivity index is 1.78. The molecule has 1 fully saturated rings. The fourth-order valence-electron chi connectivity index (χ4n) is 2.73. The van der Waals surface area contributed by atoms with Gasteiger partial charge in [-0.05, 0) is 60.7 Å². The topological polar surface area (TPSA) is 64.6 Å². The highest BCUT2D eigenvalue weighted by atomic mass is 32.2. The third kappa shape index (κ3) is 5.14. The SMILES string of the molecule is COc1ccc([C@@H](NS(=O)(=O)c2ccc(OC(F)(F)F)cc2)C2CC2)cc1. The van der Waals surface area contributed by atoms with Crippen molar-refractivity contribution >= 4 is 10.0 Å². The average Bonchev–Trinajstić information content (AvgIpc) is 3.44. The molecule has 0 saturated heterocycles. The van der Waals surface area contributed by atoms with E-state index in [9.17, 15) is 21.6 Å². The highest BCUT2D eigenvalue weighted by molar-refractivity contribution is 7.89. The van der Waals surface area contributed by atoms with Crippen LogP contribution in [0.3, 0.4) is 0 Å². The zero-order valence-electron chi connectivity index (χ0n) is 14.4. The van der Waals surface area contributed by atoms with E-state index in [2.05, 4.69) is 9.46 Å². The van der Waals surface area contributed by atoms with Crippen LogP contribution in [0.2, 0.25) is 0 Å². The van der Waals surface area contributed by atoms with Gasteiger partial charge < -0.3 is 9.47 Å². The summed E-state index contributed by atoms with van der Waals surface area (Å²) in [5, 5.41) is 0. The summed E-state index contributed by atoms with van der Waals surface area (Å²) in [5.74, 6) is 0.368. The van der Waals surface area contributed by atoms with Crippen LogP contribution < -0.4 is 14.2 Å². The molecule has 1 atom stereocenters. The lowest BCUT2D eigenvalue weighted by Gasteiger charge is -2.19. The third-order valence-corrected chi connectivity index (χ3v) is 5.68. The van der Waals surface area contributed by atoms with Crippen molar-refractivity contribution in [2.24, 2.45) is 5.92 Å². The number of sulfonamides is 1. The molecule has 1 N–H and O–H groups in total. The van der Waals surface area contributed by atoms with Gasteiger partial charge in [0.15, 0.2) is 0 Å². The number of benzene rings is 2. The van der Waals surface area contributed by atoms with E-state index in [4.69, 9.17) is 4.74 Å². The van der Waals surface area contributed by atoms with Crippen molar-refractivity contribution in [1.82, 2.24) is 4.72 Å². The molecule has 0 heterocycles. The first kappa shape index (κ1) is 19.5. The highest BCUT2D eigenvalue weighted by Gasteiger charge is 2.36. The Morgan fingerprint density at radius 1 is 1.00 bits per heavy atom. The number of methoxy groups -OCH3 is 1. The molecule has 0 aromatic heterocycles. The number of ether oxygens (including phenoxy) is 2. The molecule has 0 aliphatic heterocycles. The first-order chi connectivity index (χ1) is 12.7. The van der Waals surface area contributed by atoms with E-state index < -0.39 is 28.2 Å². The van der Waals surface area contributed by atoms with Crippen LogP contribution in [0.5, 0.6) is 11.5 Å². The van der Waals surface area contributed by atoms with E-state index in [1.807, 2.05) is 0 Å². The maximum atomic E-state index is 12.7. The summed E-state index contributed by atoms with van der Waals surface area (Å²) >= 11 is 0. The first-order valence-electron chi connectivity index (χ1n) is 8.20. The van der Waals surface area contributed by atoms with E-state index in [-0.39, 0.29) is 10.8 Å². The average molecular weight is 401 g/mol. The predicted molar refractivity (Wildman–Crippen MR) is 91.9 cm³/mol. The van der Waals surface area contributed by atoms with Crippen LogP contribution in [0, 0.1) is 5.92 Å². The number of rotatable bonds is 7. The molecule has 9 heteroatoms. The van der Waals surface area contributed by atoms with Crippen molar-refractivity contribution in [3.05, 3.63) is 54.1 Å². The standard InChI is InChI=1S/C18H18F3NO4S/c1-25-14-6-4-13(5-7-14)17(12-2-3-12)22-27(23,24)16-10-8-15(9-11-16)26-18(19,20)21/h4-12,17,22H,2-3H2,1H3/t17-/m0/s1. The van der Waals surface area contributed by atoms with Crippen LogP contribution in [0.1, 0.15) is 24.4 Å². The lowest BCUT2D eigenvalue weighted by molar-refractivity contribution is -0.274. The zero-order valence-corrected chi connectivity index (χ0v) is 15.2. The second kappa shape index (κ2) is 7.40. The molecule has 1 saturated carbocycles. The molecule has 0 spiro atoms. The number of nitrogens with one attached hydrogen (secondary N) is 1. The van der Waals surface area contributed by atoms with Gasteiger partial charge in [0.2, 0.25) is 10.0 Å². The molecule has 0 radical (unpaired) electrons. The van der Waals surface area contributed by atoms with Crippen LogP contribution in [0.4, 0.5) is 13.2 Å². The van der Waals surface area contributed by atoms with E-state index in [1.165, 1.54) is 0 Å². The van der Waals surface area contributed by atoms with Gasteiger partial charge in [-0.3, -0.25) is 0 Å². The van der Waals surface area contributed by atoms with Gasteiger partial charge in [-0.1, -0.05) is 12.1 Å². The van der Waals surface area contributed by atoms with Crippen LogP contribution >= 0.6 is 0 Å². The summed E-state index contributed by atoms with van der Waals surface area (Å²) in [6.45, 7) is 0. The summed E-state index contributed by atoms with van der Waals surface area (Å²) in [5.41, 5.74) is 0.805.